The Morgan fingerprint density at radius 1 is 1.00 bits per heavy atom. The van der Waals surface area contributed by atoms with E-state index in [1.165, 1.54) is 0 Å². The van der Waals surface area contributed by atoms with Gasteiger partial charge in [-0.3, -0.25) is 10.1 Å². The van der Waals surface area contributed by atoms with Crippen LogP contribution in [-0.4, -0.2) is 26.8 Å². The number of halogens is 1. The Hall–Kier alpha value is -3.75. The van der Waals surface area contributed by atoms with Gasteiger partial charge >= 0.3 is 12.1 Å². The maximum absolute atomic E-state index is 12.5. The van der Waals surface area contributed by atoms with Crippen molar-refractivity contribution in [1.29, 1.82) is 0 Å². The average molecular weight is 494 g/mol. The number of carboxylic acids is 1. The topological polar surface area (TPSA) is 101 Å². The van der Waals surface area contributed by atoms with Gasteiger partial charge < -0.3 is 9.84 Å². The lowest BCUT2D eigenvalue weighted by atomic mass is 10.0. The number of anilines is 1. The molecule has 3 aromatic carbocycles. The number of rotatable bonds is 7. The summed E-state index contributed by atoms with van der Waals surface area (Å²) in [5, 5.41) is 16.8. The lowest BCUT2D eigenvalue weighted by Gasteiger charge is -2.15. The summed E-state index contributed by atoms with van der Waals surface area (Å²) in [7, 11) is 0. The Morgan fingerprint density at radius 3 is 2.26 bits per heavy atom. The summed E-state index contributed by atoms with van der Waals surface area (Å²) < 4.78 is 9.44. The van der Waals surface area contributed by atoms with Crippen LogP contribution in [0, 0.1) is 0 Å². The second-order valence-corrected chi connectivity index (χ2v) is 8.65. The Morgan fingerprint density at radius 2 is 1.62 bits per heavy atom. The Balaban J connectivity index is 1.44. The minimum Gasteiger partial charge on any atom is -0.481 e. The second-order valence-electron chi connectivity index (χ2n) is 7.49. The molecule has 7 nitrogen and oxygen atoms in total. The molecule has 0 saturated carbocycles. The zero-order valence-corrected chi connectivity index (χ0v) is 19.6. The van der Waals surface area contributed by atoms with Crippen molar-refractivity contribution in [1.82, 2.24) is 9.59 Å². The molecule has 0 aliphatic rings. The first-order valence-electron chi connectivity index (χ1n) is 10.4. The molecule has 1 atom stereocenters. The maximum atomic E-state index is 12.5. The number of carbonyl (C=O) groups is 2. The minimum atomic E-state index is -0.861. The van der Waals surface area contributed by atoms with Crippen molar-refractivity contribution in [2.24, 2.45) is 0 Å². The van der Waals surface area contributed by atoms with E-state index in [9.17, 15) is 9.59 Å². The zero-order valence-electron chi connectivity index (χ0n) is 18.1. The van der Waals surface area contributed by atoms with Gasteiger partial charge in [0.15, 0.2) is 0 Å². The molecule has 172 valence electrons. The number of nitrogens with zero attached hydrogens (tertiary/aromatic N) is 2. The van der Waals surface area contributed by atoms with Crippen LogP contribution in [-0.2, 0) is 16.0 Å². The predicted molar refractivity (Wildman–Crippen MR) is 132 cm³/mol. The monoisotopic (exact) mass is 493 g/mol. The third-order valence-corrected chi connectivity index (χ3v) is 6.12. The van der Waals surface area contributed by atoms with Gasteiger partial charge in [0.1, 0.15) is 16.8 Å². The largest absolute Gasteiger partial charge is 0.481 e. The number of ether oxygens (including phenoxy) is 1. The van der Waals surface area contributed by atoms with Gasteiger partial charge in [0, 0.05) is 27.7 Å². The molecule has 2 N–H and O–H groups in total. The first-order chi connectivity index (χ1) is 16.4. The molecular formula is C25H20ClN3O4S. The Labute approximate surface area is 205 Å². The fourth-order valence-electron chi connectivity index (χ4n) is 3.42. The molecule has 0 bridgehead atoms. The van der Waals surface area contributed by atoms with Gasteiger partial charge in [0.05, 0.1) is 6.42 Å². The molecular weight excluding hydrogens is 474 g/mol. The normalized spacial score (nSPS) is 11.6. The number of aromatic nitrogens is 2. The van der Waals surface area contributed by atoms with Crippen LogP contribution in [0.2, 0.25) is 5.02 Å². The summed E-state index contributed by atoms with van der Waals surface area (Å²) in [6.07, 6.45) is -1.16. The molecule has 1 unspecified atom stereocenters. The third kappa shape index (κ3) is 5.59. The highest BCUT2D eigenvalue weighted by Crippen LogP contribution is 2.32. The first kappa shape index (κ1) is 23.4. The summed E-state index contributed by atoms with van der Waals surface area (Å²) in [4.78, 5) is 23.3. The summed E-state index contributed by atoms with van der Waals surface area (Å²) in [6, 6.07) is 22.2. The summed E-state index contributed by atoms with van der Waals surface area (Å²) >= 11 is 7.24. The van der Waals surface area contributed by atoms with E-state index in [2.05, 4.69) is 14.9 Å². The molecule has 1 heterocycles. The molecule has 0 fully saturated rings. The van der Waals surface area contributed by atoms with E-state index in [1.807, 2.05) is 48.5 Å². The minimum absolute atomic E-state index is 0.00851. The highest BCUT2D eigenvalue weighted by Gasteiger charge is 2.18. The van der Waals surface area contributed by atoms with Gasteiger partial charge in [-0.25, -0.2) is 4.79 Å². The highest BCUT2D eigenvalue weighted by molar-refractivity contribution is 7.10. The molecule has 4 aromatic rings. The lowest BCUT2D eigenvalue weighted by molar-refractivity contribution is -0.136. The van der Waals surface area contributed by atoms with E-state index in [1.54, 1.807) is 31.2 Å². The highest BCUT2D eigenvalue weighted by atomic mass is 35.5. The van der Waals surface area contributed by atoms with Gasteiger partial charge in [-0.2, -0.15) is 0 Å². The molecule has 1 aromatic heterocycles. The Bertz CT molecular complexity index is 1310. The predicted octanol–water partition coefficient (Wildman–Crippen LogP) is 6.46. The van der Waals surface area contributed by atoms with Crippen LogP contribution >= 0.6 is 23.1 Å². The number of nitrogens with one attached hydrogen (secondary N) is 1. The number of hydrogen-bond acceptors (Lipinski definition) is 6. The molecule has 0 aliphatic heterocycles. The lowest BCUT2D eigenvalue weighted by Crippen LogP contribution is -2.16. The number of carboxylic acid groups (broad SMARTS) is 1. The van der Waals surface area contributed by atoms with Gasteiger partial charge in [0.25, 0.3) is 0 Å². The van der Waals surface area contributed by atoms with E-state index in [0.29, 0.717) is 21.3 Å². The van der Waals surface area contributed by atoms with Gasteiger partial charge in [-0.15, -0.1) is 5.10 Å². The van der Waals surface area contributed by atoms with Crippen LogP contribution in [0.15, 0.2) is 72.8 Å². The number of aliphatic carboxylic acids is 1. The van der Waals surface area contributed by atoms with Gasteiger partial charge in [-0.05, 0) is 29.7 Å². The molecule has 9 heteroatoms. The number of amides is 1. The fraction of sp³-hybridized carbons (Fsp3) is 0.120. The average Bonchev–Trinajstić information content (AvgIpc) is 3.27. The first-order valence-corrected chi connectivity index (χ1v) is 11.5. The molecule has 0 radical (unpaired) electrons. The molecule has 0 spiro atoms. The number of hydrogen-bond donors (Lipinski definition) is 2. The van der Waals surface area contributed by atoms with Crippen molar-refractivity contribution < 1.29 is 19.4 Å². The van der Waals surface area contributed by atoms with E-state index in [-0.39, 0.29) is 6.42 Å². The SMILES string of the molecule is CC(OC(=O)Nc1snnc1-c1ccc(-c2ccc(CC(=O)O)cc2)cc1)c1ccccc1Cl. The fourth-order valence-corrected chi connectivity index (χ4v) is 4.29. The van der Waals surface area contributed by atoms with Crippen molar-refractivity contribution in [3.63, 3.8) is 0 Å². The smallest absolute Gasteiger partial charge is 0.412 e. The van der Waals surface area contributed by atoms with Crippen LogP contribution in [0.25, 0.3) is 22.4 Å². The van der Waals surface area contributed by atoms with Crippen LogP contribution in [0.1, 0.15) is 24.2 Å². The third-order valence-electron chi connectivity index (χ3n) is 5.13. The summed E-state index contributed by atoms with van der Waals surface area (Å²) in [5.74, 6) is -0.861. The standard InChI is InChI=1S/C25H20ClN3O4S/c1-15(20-4-2-3-5-21(20)26)33-25(32)27-24-23(28-29-34-24)19-12-10-18(11-13-19)17-8-6-16(7-9-17)14-22(30)31/h2-13,15H,14H2,1H3,(H,27,32)(H,30,31). The van der Waals surface area contributed by atoms with Crippen molar-refractivity contribution in [2.45, 2.75) is 19.4 Å². The summed E-state index contributed by atoms with van der Waals surface area (Å²) in [5.41, 5.74) is 4.72. The van der Waals surface area contributed by atoms with E-state index in [4.69, 9.17) is 21.4 Å². The molecule has 1 amide bonds. The summed E-state index contributed by atoms with van der Waals surface area (Å²) in [6.45, 7) is 1.75. The van der Waals surface area contributed by atoms with Crippen LogP contribution in [0.4, 0.5) is 9.80 Å². The van der Waals surface area contributed by atoms with Crippen molar-refractivity contribution >= 4 is 40.2 Å². The number of benzene rings is 3. The molecule has 0 aliphatic carbocycles. The van der Waals surface area contributed by atoms with E-state index in [0.717, 1.165) is 33.8 Å². The second kappa shape index (κ2) is 10.5. The van der Waals surface area contributed by atoms with Gasteiger partial charge in [0.2, 0.25) is 0 Å². The van der Waals surface area contributed by atoms with Crippen LogP contribution in [0.5, 0.6) is 0 Å². The van der Waals surface area contributed by atoms with Crippen LogP contribution in [0.3, 0.4) is 0 Å². The van der Waals surface area contributed by atoms with E-state index >= 15 is 0 Å². The molecule has 0 saturated heterocycles. The van der Waals surface area contributed by atoms with Crippen molar-refractivity contribution in [2.75, 3.05) is 5.32 Å². The van der Waals surface area contributed by atoms with Crippen LogP contribution < -0.4 is 5.32 Å². The number of carbonyl (C=O) groups excluding carboxylic acids is 1. The zero-order chi connectivity index (χ0) is 24.1. The maximum Gasteiger partial charge on any atom is 0.412 e. The molecule has 4 rings (SSSR count). The van der Waals surface area contributed by atoms with E-state index < -0.39 is 18.2 Å². The van der Waals surface area contributed by atoms with Crippen molar-refractivity contribution in [3.05, 3.63) is 88.9 Å². The quantitative estimate of drug-likeness (QED) is 0.306. The van der Waals surface area contributed by atoms with Gasteiger partial charge in [-0.1, -0.05) is 82.8 Å². The molecule has 34 heavy (non-hydrogen) atoms. The van der Waals surface area contributed by atoms with Crippen molar-refractivity contribution in [3.8, 4) is 22.4 Å². The Kier molecular flexibility index (Phi) is 7.20.